The van der Waals surface area contributed by atoms with E-state index in [0.29, 0.717) is 18.6 Å². The fraction of sp³-hybridized carbons (Fsp3) is 0.421. The Kier molecular flexibility index (Phi) is 7.95. The average molecular weight is 318 g/mol. The van der Waals surface area contributed by atoms with Gasteiger partial charge in [0.25, 0.3) is 0 Å². The van der Waals surface area contributed by atoms with Crippen LogP contribution in [-0.2, 0) is 11.2 Å². The molecule has 0 fully saturated rings. The Bertz CT molecular complexity index is 549. The van der Waals surface area contributed by atoms with E-state index in [-0.39, 0.29) is 17.4 Å². The second-order valence-corrected chi connectivity index (χ2v) is 5.46. The molecule has 1 N–H and O–H groups in total. The van der Waals surface area contributed by atoms with Crippen molar-refractivity contribution in [1.29, 1.82) is 0 Å². The number of phenols is 1. The minimum Gasteiger partial charge on any atom is -0.507 e. The van der Waals surface area contributed by atoms with Crippen LogP contribution in [0.3, 0.4) is 0 Å². The maximum absolute atomic E-state index is 12.4. The quantitative estimate of drug-likeness (QED) is 0.394. The van der Waals surface area contributed by atoms with Gasteiger partial charge in [0.2, 0.25) is 0 Å². The van der Waals surface area contributed by atoms with Gasteiger partial charge in [0.15, 0.2) is 0 Å². The van der Waals surface area contributed by atoms with Gasteiger partial charge in [-0.3, -0.25) is 0 Å². The van der Waals surface area contributed by atoms with Crippen molar-refractivity contribution in [2.75, 3.05) is 7.11 Å². The third kappa shape index (κ3) is 5.81. The highest BCUT2D eigenvalue weighted by Crippen LogP contribution is 2.30. The van der Waals surface area contributed by atoms with Crippen molar-refractivity contribution in [3.63, 3.8) is 0 Å². The Hall–Kier alpha value is -2.23. The number of unbranched alkanes of at least 4 members (excludes halogenated alkanes) is 2. The van der Waals surface area contributed by atoms with Gasteiger partial charge in [-0.1, -0.05) is 12.2 Å². The van der Waals surface area contributed by atoms with E-state index < -0.39 is 5.97 Å². The zero-order valence-corrected chi connectivity index (χ0v) is 14.0. The molecule has 1 aromatic carbocycles. The highest BCUT2D eigenvalue weighted by atomic mass is 16.5. The maximum atomic E-state index is 12.4. The first-order valence-electron chi connectivity index (χ1n) is 7.86. The van der Waals surface area contributed by atoms with E-state index >= 15 is 0 Å². The molecule has 1 aromatic rings. The molecule has 0 saturated heterocycles. The summed E-state index contributed by atoms with van der Waals surface area (Å²) in [4.78, 5) is 12.4. The second-order valence-electron chi connectivity index (χ2n) is 5.46. The lowest BCUT2D eigenvalue weighted by molar-refractivity contribution is 0.0343. The Morgan fingerprint density at radius 1 is 1.30 bits per heavy atom. The molecule has 0 radical (unpaired) electrons. The molecule has 1 atom stereocenters. The number of methoxy groups -OCH3 is 1. The van der Waals surface area contributed by atoms with Crippen molar-refractivity contribution >= 4 is 5.97 Å². The number of hydrogen-bond donors (Lipinski definition) is 1. The van der Waals surface area contributed by atoms with Gasteiger partial charge in [-0.25, -0.2) is 4.79 Å². The molecule has 0 amide bonds. The van der Waals surface area contributed by atoms with E-state index in [1.807, 2.05) is 6.08 Å². The standard InChI is InChI=1S/C19H26O4/c1-5-7-8-9-11-15-12-16(22-4)13-17(20)18(15)19(21)23-14(3)10-6-2/h5-6,12-14,20H,1-2,7-11H2,3-4H3/t14-/m1/s1. The summed E-state index contributed by atoms with van der Waals surface area (Å²) in [5.41, 5.74) is 0.960. The van der Waals surface area contributed by atoms with Crippen LogP contribution >= 0.6 is 0 Å². The molecule has 0 aromatic heterocycles. The first-order valence-corrected chi connectivity index (χ1v) is 7.86. The van der Waals surface area contributed by atoms with Gasteiger partial charge in [0.05, 0.1) is 7.11 Å². The summed E-state index contributed by atoms with van der Waals surface area (Å²) in [6.07, 6.45) is 7.30. The first-order chi connectivity index (χ1) is 11.0. The first kappa shape index (κ1) is 18.8. The Morgan fingerprint density at radius 3 is 2.65 bits per heavy atom. The van der Waals surface area contributed by atoms with Gasteiger partial charge in [0, 0.05) is 12.5 Å². The number of esters is 1. The summed E-state index contributed by atoms with van der Waals surface area (Å²) in [6, 6.07) is 3.21. The van der Waals surface area contributed by atoms with E-state index in [4.69, 9.17) is 9.47 Å². The van der Waals surface area contributed by atoms with E-state index in [2.05, 4.69) is 13.2 Å². The topological polar surface area (TPSA) is 55.8 Å². The van der Waals surface area contributed by atoms with Crippen LogP contribution in [0.1, 0.15) is 48.5 Å². The van der Waals surface area contributed by atoms with Crippen LogP contribution in [0.5, 0.6) is 11.5 Å². The summed E-state index contributed by atoms with van der Waals surface area (Å²) in [5.74, 6) is -0.103. The van der Waals surface area contributed by atoms with Crippen LogP contribution < -0.4 is 4.74 Å². The molecule has 0 aliphatic rings. The van der Waals surface area contributed by atoms with Crippen LogP contribution in [0.25, 0.3) is 0 Å². The lowest BCUT2D eigenvalue weighted by Crippen LogP contribution is -2.16. The highest BCUT2D eigenvalue weighted by Gasteiger charge is 2.21. The molecule has 0 unspecified atom stereocenters. The SMILES string of the molecule is C=CCCCCc1cc(OC)cc(O)c1C(=O)O[C@H](C)CC=C. The van der Waals surface area contributed by atoms with Gasteiger partial charge in [-0.2, -0.15) is 0 Å². The number of carbonyl (C=O) groups excluding carboxylic acids is 1. The number of rotatable bonds is 10. The fourth-order valence-electron chi connectivity index (χ4n) is 2.34. The molecule has 0 bridgehead atoms. The molecular weight excluding hydrogens is 292 g/mol. The van der Waals surface area contributed by atoms with Crippen LogP contribution in [0.2, 0.25) is 0 Å². The third-order valence-electron chi connectivity index (χ3n) is 3.52. The third-order valence-corrected chi connectivity index (χ3v) is 3.52. The van der Waals surface area contributed by atoms with E-state index in [0.717, 1.165) is 24.8 Å². The average Bonchev–Trinajstić information content (AvgIpc) is 2.51. The van der Waals surface area contributed by atoms with E-state index in [1.165, 1.54) is 13.2 Å². The summed E-state index contributed by atoms with van der Waals surface area (Å²) >= 11 is 0. The van der Waals surface area contributed by atoms with Crippen LogP contribution in [0.4, 0.5) is 0 Å². The summed E-state index contributed by atoms with van der Waals surface area (Å²) in [6.45, 7) is 9.13. The molecule has 4 heteroatoms. The zero-order valence-electron chi connectivity index (χ0n) is 14.0. The Morgan fingerprint density at radius 2 is 2.04 bits per heavy atom. The van der Waals surface area contributed by atoms with Crippen molar-refractivity contribution in [2.24, 2.45) is 0 Å². The molecule has 1 rings (SSSR count). The molecule has 126 valence electrons. The normalized spacial score (nSPS) is 11.6. The smallest absolute Gasteiger partial charge is 0.342 e. The maximum Gasteiger partial charge on any atom is 0.342 e. The van der Waals surface area contributed by atoms with Crippen molar-refractivity contribution in [3.05, 3.63) is 48.6 Å². The molecule has 0 heterocycles. The number of phenolic OH excluding ortho intramolecular Hbond substituents is 1. The van der Waals surface area contributed by atoms with Crippen molar-refractivity contribution < 1.29 is 19.4 Å². The summed E-state index contributed by atoms with van der Waals surface area (Å²) in [7, 11) is 1.53. The Balaban J connectivity index is 2.99. The fourth-order valence-corrected chi connectivity index (χ4v) is 2.34. The number of carbonyl (C=O) groups is 1. The lowest BCUT2D eigenvalue weighted by Gasteiger charge is -2.16. The molecule has 0 aliphatic carbocycles. The molecule has 23 heavy (non-hydrogen) atoms. The summed E-state index contributed by atoms with van der Waals surface area (Å²) in [5, 5.41) is 10.2. The molecular formula is C19H26O4. The van der Waals surface area contributed by atoms with Crippen molar-refractivity contribution in [3.8, 4) is 11.5 Å². The predicted molar refractivity (Wildman–Crippen MR) is 92.1 cm³/mol. The van der Waals surface area contributed by atoms with Crippen LogP contribution in [0.15, 0.2) is 37.4 Å². The van der Waals surface area contributed by atoms with Gasteiger partial charge < -0.3 is 14.6 Å². The van der Waals surface area contributed by atoms with E-state index in [9.17, 15) is 9.90 Å². The van der Waals surface area contributed by atoms with Crippen molar-refractivity contribution in [2.45, 2.75) is 45.1 Å². The number of allylic oxidation sites excluding steroid dienone is 1. The minimum absolute atomic E-state index is 0.112. The van der Waals surface area contributed by atoms with Crippen LogP contribution in [-0.4, -0.2) is 24.3 Å². The molecule has 0 aliphatic heterocycles. The number of aromatic hydroxyl groups is 1. The zero-order chi connectivity index (χ0) is 17.2. The highest BCUT2D eigenvalue weighted by molar-refractivity contribution is 5.94. The van der Waals surface area contributed by atoms with Crippen molar-refractivity contribution in [1.82, 2.24) is 0 Å². The molecule has 0 spiro atoms. The summed E-state index contributed by atoms with van der Waals surface area (Å²) < 4.78 is 10.5. The van der Waals surface area contributed by atoms with Gasteiger partial charge in [-0.15, -0.1) is 13.2 Å². The van der Waals surface area contributed by atoms with Gasteiger partial charge in [0.1, 0.15) is 23.2 Å². The lowest BCUT2D eigenvalue weighted by atomic mass is 9.99. The second kappa shape index (κ2) is 9.72. The van der Waals surface area contributed by atoms with E-state index in [1.54, 1.807) is 19.1 Å². The molecule has 0 saturated carbocycles. The van der Waals surface area contributed by atoms with Crippen LogP contribution in [0, 0.1) is 0 Å². The number of benzene rings is 1. The number of ether oxygens (including phenoxy) is 2. The Labute approximate surface area is 138 Å². The van der Waals surface area contributed by atoms with Gasteiger partial charge in [-0.05, 0) is 44.2 Å². The van der Waals surface area contributed by atoms with Gasteiger partial charge >= 0.3 is 5.97 Å². The minimum atomic E-state index is -0.516. The largest absolute Gasteiger partial charge is 0.507 e. The number of hydrogen-bond acceptors (Lipinski definition) is 4. The predicted octanol–water partition coefficient (Wildman–Crippen LogP) is 4.42. The molecule has 4 nitrogen and oxygen atoms in total. The number of aryl methyl sites for hydroxylation is 1. The monoisotopic (exact) mass is 318 g/mol.